The van der Waals surface area contributed by atoms with Crippen molar-refractivity contribution in [3.8, 4) is 0 Å². The molecule has 3 heterocycles. The van der Waals surface area contributed by atoms with Gasteiger partial charge >= 0.3 is 0 Å². The molecule has 8 nitrogen and oxygen atoms in total. The summed E-state index contributed by atoms with van der Waals surface area (Å²) in [6.45, 7) is 4.66. The van der Waals surface area contributed by atoms with Gasteiger partial charge in [-0.25, -0.2) is 0 Å². The molecule has 1 fully saturated rings. The van der Waals surface area contributed by atoms with Gasteiger partial charge in [-0.15, -0.1) is 10.2 Å². The molecule has 130 valence electrons. The molecule has 0 bridgehead atoms. The minimum atomic E-state index is 0.303. The Bertz CT molecular complexity index is 733. The molecule has 3 rings (SSSR count). The average molecular weight is 340 g/mol. The van der Waals surface area contributed by atoms with Crippen LogP contribution in [0.5, 0.6) is 0 Å². The summed E-state index contributed by atoms with van der Waals surface area (Å²) in [5.74, 6) is 1.36. The lowest BCUT2D eigenvalue weighted by Gasteiger charge is -2.37. The van der Waals surface area contributed by atoms with Crippen LogP contribution in [0.1, 0.15) is 18.4 Å². The van der Waals surface area contributed by atoms with Gasteiger partial charge in [0.25, 0.3) is 0 Å². The molecule has 2 aromatic rings. The number of rotatable bonds is 6. The zero-order valence-corrected chi connectivity index (χ0v) is 14.0. The van der Waals surface area contributed by atoms with E-state index in [1.165, 1.54) is 0 Å². The standard InChI is InChI=1S/C17H20N6O2/c1-15-12-22(13-20-18-10-16-4-2-8-24-16)6-7-23(15)14-21-19-11-17-5-3-9-25-17/h2-5,8-11,13-15H,6-7,12H2,1H3. The van der Waals surface area contributed by atoms with E-state index in [9.17, 15) is 0 Å². The fourth-order valence-corrected chi connectivity index (χ4v) is 2.39. The van der Waals surface area contributed by atoms with E-state index in [-0.39, 0.29) is 0 Å². The van der Waals surface area contributed by atoms with Crippen molar-refractivity contribution < 1.29 is 8.83 Å². The van der Waals surface area contributed by atoms with Gasteiger partial charge in [0.1, 0.15) is 24.2 Å². The smallest absolute Gasteiger partial charge is 0.146 e. The normalized spacial score (nSPS) is 19.3. The predicted octanol–water partition coefficient (Wildman–Crippen LogP) is 2.30. The Morgan fingerprint density at radius 3 is 2.12 bits per heavy atom. The minimum absolute atomic E-state index is 0.303. The van der Waals surface area contributed by atoms with Crippen molar-refractivity contribution in [2.24, 2.45) is 20.4 Å². The van der Waals surface area contributed by atoms with Gasteiger partial charge in [0.05, 0.1) is 25.0 Å². The molecule has 0 radical (unpaired) electrons. The van der Waals surface area contributed by atoms with E-state index in [0.29, 0.717) is 17.6 Å². The van der Waals surface area contributed by atoms with Crippen molar-refractivity contribution >= 4 is 25.1 Å². The Kier molecular flexibility index (Phi) is 5.76. The minimum Gasteiger partial charge on any atom is -0.463 e. The molecule has 0 saturated carbocycles. The Morgan fingerprint density at radius 1 is 0.920 bits per heavy atom. The van der Waals surface area contributed by atoms with Crippen molar-refractivity contribution in [3.05, 3.63) is 48.3 Å². The summed E-state index contributed by atoms with van der Waals surface area (Å²) in [5, 5.41) is 16.1. The van der Waals surface area contributed by atoms with Crippen LogP contribution < -0.4 is 0 Å². The Morgan fingerprint density at radius 2 is 1.56 bits per heavy atom. The highest BCUT2D eigenvalue weighted by Crippen LogP contribution is 2.06. The highest BCUT2D eigenvalue weighted by molar-refractivity contribution is 5.76. The van der Waals surface area contributed by atoms with Gasteiger partial charge in [0.2, 0.25) is 0 Å². The summed E-state index contributed by atoms with van der Waals surface area (Å²) >= 11 is 0. The molecular weight excluding hydrogens is 320 g/mol. The maximum atomic E-state index is 5.16. The molecule has 1 unspecified atom stereocenters. The van der Waals surface area contributed by atoms with E-state index >= 15 is 0 Å². The van der Waals surface area contributed by atoms with Crippen molar-refractivity contribution in [1.29, 1.82) is 0 Å². The third kappa shape index (κ3) is 5.17. The van der Waals surface area contributed by atoms with Crippen LogP contribution in [0.3, 0.4) is 0 Å². The van der Waals surface area contributed by atoms with Crippen LogP contribution >= 0.6 is 0 Å². The molecule has 1 aliphatic rings. The van der Waals surface area contributed by atoms with Gasteiger partial charge in [0.15, 0.2) is 0 Å². The first-order valence-corrected chi connectivity index (χ1v) is 8.01. The molecule has 0 aliphatic carbocycles. The molecule has 0 spiro atoms. The number of hydrogen-bond acceptors (Lipinski definition) is 6. The Hall–Kier alpha value is -3.16. The molecule has 0 aromatic carbocycles. The van der Waals surface area contributed by atoms with Crippen LogP contribution in [0.25, 0.3) is 0 Å². The fraction of sp³-hybridized carbons (Fsp3) is 0.294. The van der Waals surface area contributed by atoms with Gasteiger partial charge < -0.3 is 18.6 Å². The zero-order valence-electron chi connectivity index (χ0n) is 14.0. The molecule has 1 aliphatic heterocycles. The van der Waals surface area contributed by atoms with E-state index in [1.54, 1.807) is 37.6 Å². The molecule has 1 atom stereocenters. The van der Waals surface area contributed by atoms with Gasteiger partial charge in [-0.05, 0) is 31.2 Å². The summed E-state index contributed by atoms with van der Waals surface area (Å²) in [5.41, 5.74) is 0. The SMILES string of the molecule is CC1CN(C=NN=Cc2ccco2)CCN1C=NN=Cc1ccco1. The van der Waals surface area contributed by atoms with Crippen LogP contribution in [0.2, 0.25) is 0 Å². The van der Waals surface area contributed by atoms with E-state index in [4.69, 9.17) is 8.83 Å². The molecule has 8 heteroatoms. The van der Waals surface area contributed by atoms with Crippen LogP contribution in [0.15, 0.2) is 66.0 Å². The van der Waals surface area contributed by atoms with Crippen molar-refractivity contribution in [2.45, 2.75) is 13.0 Å². The maximum absolute atomic E-state index is 5.16. The van der Waals surface area contributed by atoms with Crippen molar-refractivity contribution in [3.63, 3.8) is 0 Å². The quantitative estimate of drug-likeness (QED) is 0.459. The van der Waals surface area contributed by atoms with Gasteiger partial charge in [-0.1, -0.05) is 0 Å². The highest BCUT2D eigenvalue weighted by Gasteiger charge is 2.19. The van der Waals surface area contributed by atoms with E-state index < -0.39 is 0 Å². The van der Waals surface area contributed by atoms with Crippen LogP contribution in [-0.2, 0) is 0 Å². The first-order chi connectivity index (χ1) is 12.3. The van der Waals surface area contributed by atoms with Gasteiger partial charge in [-0.3, -0.25) is 0 Å². The van der Waals surface area contributed by atoms with E-state index in [0.717, 1.165) is 19.6 Å². The maximum Gasteiger partial charge on any atom is 0.146 e. The third-order valence-electron chi connectivity index (χ3n) is 3.71. The molecule has 0 N–H and O–H groups in total. The Balaban J connectivity index is 1.44. The summed E-state index contributed by atoms with van der Waals surface area (Å²) in [7, 11) is 0. The lowest BCUT2D eigenvalue weighted by atomic mass is 10.2. The summed E-state index contributed by atoms with van der Waals surface area (Å²) in [6, 6.07) is 7.58. The topological polar surface area (TPSA) is 82.2 Å². The number of furan rings is 2. The largest absolute Gasteiger partial charge is 0.463 e. The zero-order chi connectivity index (χ0) is 17.3. The molecule has 1 saturated heterocycles. The third-order valence-corrected chi connectivity index (χ3v) is 3.71. The fourth-order valence-electron chi connectivity index (χ4n) is 2.39. The van der Waals surface area contributed by atoms with Gasteiger partial charge in [-0.2, -0.15) is 10.2 Å². The second-order valence-corrected chi connectivity index (χ2v) is 5.56. The Labute approximate surface area is 145 Å². The summed E-state index contributed by atoms with van der Waals surface area (Å²) in [6.07, 6.45) is 9.88. The average Bonchev–Trinajstić information content (AvgIpc) is 3.31. The van der Waals surface area contributed by atoms with Crippen LogP contribution in [-0.4, -0.2) is 60.6 Å². The molecule has 25 heavy (non-hydrogen) atoms. The van der Waals surface area contributed by atoms with E-state index in [1.807, 2.05) is 24.3 Å². The molecular formula is C17H20N6O2. The van der Waals surface area contributed by atoms with Crippen molar-refractivity contribution in [2.75, 3.05) is 19.6 Å². The molecule has 0 amide bonds. The summed E-state index contributed by atoms with van der Waals surface area (Å²) < 4.78 is 10.3. The lowest BCUT2D eigenvalue weighted by molar-refractivity contribution is 0.204. The monoisotopic (exact) mass is 340 g/mol. The second-order valence-electron chi connectivity index (χ2n) is 5.56. The van der Waals surface area contributed by atoms with Crippen LogP contribution in [0.4, 0.5) is 0 Å². The number of hydrogen-bond donors (Lipinski definition) is 0. The highest BCUT2D eigenvalue weighted by atomic mass is 16.3. The summed E-state index contributed by atoms with van der Waals surface area (Å²) in [4.78, 5) is 4.27. The molecule has 2 aromatic heterocycles. The number of piperazine rings is 1. The second kappa shape index (κ2) is 8.62. The van der Waals surface area contributed by atoms with E-state index in [2.05, 4.69) is 37.1 Å². The lowest BCUT2D eigenvalue weighted by Crippen LogP contribution is -2.50. The predicted molar refractivity (Wildman–Crippen MR) is 97.3 cm³/mol. The number of nitrogens with zero attached hydrogens (tertiary/aromatic N) is 6. The van der Waals surface area contributed by atoms with Crippen molar-refractivity contribution in [1.82, 2.24) is 9.80 Å². The first kappa shape index (κ1) is 16.7. The van der Waals surface area contributed by atoms with Crippen LogP contribution in [0, 0.1) is 0 Å². The first-order valence-electron chi connectivity index (χ1n) is 8.01. The van der Waals surface area contributed by atoms with Gasteiger partial charge in [0, 0.05) is 25.7 Å².